The predicted octanol–water partition coefficient (Wildman–Crippen LogP) is 4.01. The molecule has 2 aromatic heterocycles. The van der Waals surface area contributed by atoms with Gasteiger partial charge in [-0.05, 0) is 58.4 Å². The van der Waals surface area contributed by atoms with Crippen LogP contribution in [0, 0.1) is 6.92 Å². The number of nitrogens with zero attached hydrogens (tertiary/aromatic N) is 2. The molecule has 0 spiro atoms. The quantitative estimate of drug-likeness (QED) is 0.316. The number of halogens is 1. The largest absolute Gasteiger partial charge is 0.394 e. The molecule has 3 rings (SSSR count). The van der Waals surface area contributed by atoms with E-state index in [9.17, 15) is 13.5 Å². The van der Waals surface area contributed by atoms with Crippen molar-refractivity contribution in [1.82, 2.24) is 14.7 Å². The van der Waals surface area contributed by atoms with Gasteiger partial charge in [0.15, 0.2) is 0 Å². The maximum Gasteiger partial charge on any atom is 0.241 e. The zero-order valence-electron chi connectivity index (χ0n) is 17.1. The second-order valence-electron chi connectivity index (χ2n) is 6.83. The fourth-order valence-corrected chi connectivity index (χ4v) is 5.07. The van der Waals surface area contributed by atoms with E-state index < -0.39 is 10.0 Å². The third-order valence-electron chi connectivity index (χ3n) is 4.55. The van der Waals surface area contributed by atoms with Crippen molar-refractivity contribution in [2.75, 3.05) is 17.2 Å². The van der Waals surface area contributed by atoms with Gasteiger partial charge in [-0.1, -0.05) is 19.1 Å². The number of hydrogen-bond donors (Lipinski definition) is 4. The lowest BCUT2D eigenvalue weighted by Gasteiger charge is -2.16. The van der Waals surface area contributed by atoms with Gasteiger partial charge in [0.25, 0.3) is 0 Å². The smallest absolute Gasteiger partial charge is 0.241 e. The van der Waals surface area contributed by atoms with Gasteiger partial charge < -0.3 is 15.7 Å². The summed E-state index contributed by atoms with van der Waals surface area (Å²) in [7, 11) is -3.69. The molecule has 2 heterocycles. The molecule has 11 heteroatoms. The van der Waals surface area contributed by atoms with E-state index in [0.29, 0.717) is 27.5 Å². The number of aliphatic hydroxyl groups is 1. The molecule has 0 saturated heterocycles. The van der Waals surface area contributed by atoms with Crippen molar-refractivity contribution in [2.24, 2.45) is 0 Å². The van der Waals surface area contributed by atoms with Crippen LogP contribution in [0.25, 0.3) is 0 Å². The molecule has 0 saturated carbocycles. The Labute approximate surface area is 194 Å². The summed E-state index contributed by atoms with van der Waals surface area (Å²) in [5.41, 5.74) is 1.18. The Kier molecular flexibility index (Phi) is 8.00. The molecule has 166 valence electrons. The van der Waals surface area contributed by atoms with E-state index in [1.54, 1.807) is 31.3 Å². The lowest BCUT2D eigenvalue weighted by atomic mass is 10.2. The lowest BCUT2D eigenvalue weighted by molar-refractivity contribution is 0.271. The first-order chi connectivity index (χ1) is 14.8. The van der Waals surface area contributed by atoms with Crippen molar-refractivity contribution in [1.29, 1.82) is 0 Å². The molecule has 8 nitrogen and oxygen atoms in total. The molecular formula is C20H24BrN5O3S2. The number of hydrogen-bond acceptors (Lipinski definition) is 8. The zero-order chi connectivity index (χ0) is 22.4. The van der Waals surface area contributed by atoms with Crippen LogP contribution in [0.15, 0.2) is 51.3 Å². The third kappa shape index (κ3) is 6.23. The first-order valence-electron chi connectivity index (χ1n) is 9.62. The number of sulfonamides is 1. The zero-order valence-corrected chi connectivity index (χ0v) is 20.3. The maximum atomic E-state index is 12.8. The van der Waals surface area contributed by atoms with Gasteiger partial charge in [0, 0.05) is 23.3 Å². The fraction of sp³-hybridized carbons (Fsp3) is 0.300. The van der Waals surface area contributed by atoms with Gasteiger partial charge in [-0.25, -0.2) is 18.1 Å². The van der Waals surface area contributed by atoms with Crippen LogP contribution in [0.1, 0.15) is 23.8 Å². The standard InChI is InChI=1S/C20H24BrN5O3S2/c1-3-14(12-27)24-19-17(21)11-22-20(26-19)25-15-7-6-13(2)18(9-15)31(28,29)23-10-16-5-4-8-30-16/h4-9,11,14,23,27H,3,10,12H2,1-2H3,(H2,22,24,25,26)/t14-/m1/s1. The van der Waals surface area contributed by atoms with Crippen LogP contribution in [0.2, 0.25) is 0 Å². The number of thiophene rings is 1. The molecule has 31 heavy (non-hydrogen) atoms. The highest BCUT2D eigenvalue weighted by atomic mass is 79.9. The minimum absolute atomic E-state index is 0.0205. The number of aliphatic hydroxyl groups excluding tert-OH is 1. The monoisotopic (exact) mass is 525 g/mol. The van der Waals surface area contributed by atoms with E-state index in [-0.39, 0.29) is 24.1 Å². The van der Waals surface area contributed by atoms with Crippen molar-refractivity contribution >= 4 is 54.7 Å². The molecule has 0 aliphatic rings. The molecule has 0 radical (unpaired) electrons. The van der Waals surface area contributed by atoms with Crippen LogP contribution in [0.3, 0.4) is 0 Å². The summed E-state index contributed by atoms with van der Waals surface area (Å²) in [6, 6.07) is 8.70. The molecule has 4 N–H and O–H groups in total. The van der Waals surface area contributed by atoms with Crippen molar-refractivity contribution in [3.8, 4) is 0 Å². The first-order valence-corrected chi connectivity index (χ1v) is 12.8. The first kappa shape index (κ1) is 23.6. The van der Waals surface area contributed by atoms with E-state index in [0.717, 1.165) is 11.3 Å². The highest BCUT2D eigenvalue weighted by Gasteiger charge is 2.18. The van der Waals surface area contributed by atoms with Gasteiger partial charge in [-0.15, -0.1) is 11.3 Å². The number of aromatic nitrogens is 2. The second-order valence-corrected chi connectivity index (χ2v) is 10.5. The third-order valence-corrected chi connectivity index (χ3v) is 7.55. The fourth-order valence-electron chi connectivity index (χ4n) is 2.75. The Bertz CT molecular complexity index is 1120. The number of benzene rings is 1. The maximum absolute atomic E-state index is 12.8. The molecule has 0 bridgehead atoms. The molecule has 1 atom stereocenters. The summed E-state index contributed by atoms with van der Waals surface area (Å²) < 4.78 is 29.0. The number of rotatable bonds is 10. The number of aryl methyl sites for hydroxylation is 1. The van der Waals surface area contributed by atoms with Gasteiger partial charge in [-0.2, -0.15) is 4.98 Å². The summed E-state index contributed by atoms with van der Waals surface area (Å²) in [5, 5.41) is 17.5. The Morgan fingerprint density at radius 3 is 2.77 bits per heavy atom. The molecule has 0 aliphatic heterocycles. The molecule has 0 unspecified atom stereocenters. The Morgan fingerprint density at radius 1 is 1.29 bits per heavy atom. The Balaban J connectivity index is 1.80. The van der Waals surface area contributed by atoms with E-state index in [4.69, 9.17) is 0 Å². The minimum Gasteiger partial charge on any atom is -0.394 e. The molecule has 0 amide bonds. The molecule has 0 aliphatic carbocycles. The number of anilines is 3. The van der Waals surface area contributed by atoms with Crippen LogP contribution >= 0.6 is 27.3 Å². The van der Waals surface area contributed by atoms with Gasteiger partial charge in [0.05, 0.1) is 22.0 Å². The van der Waals surface area contributed by atoms with Crippen LogP contribution in [0.4, 0.5) is 17.5 Å². The lowest BCUT2D eigenvalue weighted by Crippen LogP contribution is -2.24. The SMILES string of the molecule is CC[C@H](CO)Nc1nc(Nc2ccc(C)c(S(=O)(=O)NCc3cccs3)c2)ncc1Br. The number of nitrogens with one attached hydrogen (secondary N) is 3. The van der Waals surface area contributed by atoms with Crippen molar-refractivity contribution in [3.63, 3.8) is 0 Å². The summed E-state index contributed by atoms with van der Waals surface area (Å²) in [6.07, 6.45) is 2.32. The highest BCUT2D eigenvalue weighted by molar-refractivity contribution is 9.10. The Hall–Kier alpha value is -2.05. The summed E-state index contributed by atoms with van der Waals surface area (Å²) >= 11 is 4.90. The summed E-state index contributed by atoms with van der Waals surface area (Å²) in [6.45, 7) is 3.93. The molecule has 0 fully saturated rings. The van der Waals surface area contributed by atoms with Gasteiger partial charge in [0.2, 0.25) is 16.0 Å². The molecular weight excluding hydrogens is 502 g/mol. The van der Waals surface area contributed by atoms with Crippen LogP contribution in [-0.4, -0.2) is 36.1 Å². The Morgan fingerprint density at radius 2 is 2.10 bits per heavy atom. The van der Waals surface area contributed by atoms with Gasteiger partial charge >= 0.3 is 0 Å². The summed E-state index contributed by atoms with van der Waals surface area (Å²) in [5.74, 6) is 0.841. The summed E-state index contributed by atoms with van der Waals surface area (Å²) in [4.78, 5) is 9.80. The van der Waals surface area contributed by atoms with E-state index in [1.165, 1.54) is 11.3 Å². The van der Waals surface area contributed by atoms with Crippen molar-refractivity contribution < 1.29 is 13.5 Å². The van der Waals surface area contributed by atoms with Crippen LogP contribution < -0.4 is 15.4 Å². The van der Waals surface area contributed by atoms with Crippen LogP contribution in [0.5, 0.6) is 0 Å². The second kappa shape index (κ2) is 10.5. The predicted molar refractivity (Wildman–Crippen MR) is 127 cm³/mol. The van der Waals surface area contributed by atoms with E-state index in [2.05, 4.69) is 41.3 Å². The topological polar surface area (TPSA) is 116 Å². The highest BCUT2D eigenvalue weighted by Crippen LogP contribution is 2.25. The van der Waals surface area contributed by atoms with E-state index in [1.807, 2.05) is 24.4 Å². The normalized spacial score (nSPS) is 12.5. The average Bonchev–Trinajstić information content (AvgIpc) is 3.28. The van der Waals surface area contributed by atoms with Gasteiger partial charge in [-0.3, -0.25) is 0 Å². The van der Waals surface area contributed by atoms with Gasteiger partial charge in [0.1, 0.15) is 5.82 Å². The molecule has 1 aromatic carbocycles. The van der Waals surface area contributed by atoms with E-state index >= 15 is 0 Å². The average molecular weight is 526 g/mol. The van der Waals surface area contributed by atoms with Crippen molar-refractivity contribution in [2.45, 2.75) is 37.8 Å². The molecule has 3 aromatic rings. The minimum atomic E-state index is -3.69. The van der Waals surface area contributed by atoms with Crippen LogP contribution in [-0.2, 0) is 16.6 Å². The van der Waals surface area contributed by atoms with Crippen molar-refractivity contribution in [3.05, 3.63) is 56.8 Å².